The lowest BCUT2D eigenvalue weighted by atomic mass is 9.96. The van der Waals surface area contributed by atoms with Crippen LogP contribution in [0.3, 0.4) is 0 Å². The molecule has 104 valence electrons. The zero-order valence-corrected chi connectivity index (χ0v) is 11.3. The van der Waals surface area contributed by atoms with E-state index in [2.05, 4.69) is 14.9 Å². The molecule has 5 heteroatoms. The third-order valence-corrected chi connectivity index (χ3v) is 3.73. The summed E-state index contributed by atoms with van der Waals surface area (Å²) in [5, 5.41) is 12.6. The molecule has 0 aliphatic carbocycles. The molecule has 1 aliphatic rings. The molecule has 1 aromatic carbocycles. The van der Waals surface area contributed by atoms with Gasteiger partial charge in [-0.1, -0.05) is 6.07 Å². The molecule has 3 rings (SSSR count). The average Bonchev–Trinajstić information content (AvgIpc) is 2.90. The Morgan fingerprint density at radius 2 is 2.35 bits per heavy atom. The molecule has 0 radical (unpaired) electrons. The van der Waals surface area contributed by atoms with Gasteiger partial charge in [-0.25, -0.2) is 4.98 Å². The van der Waals surface area contributed by atoms with Crippen LogP contribution in [0.2, 0.25) is 0 Å². The molecular formula is C15H17N3O2. The highest BCUT2D eigenvalue weighted by Crippen LogP contribution is 2.26. The van der Waals surface area contributed by atoms with Gasteiger partial charge in [-0.15, -0.1) is 0 Å². The molecule has 2 aromatic rings. The minimum atomic E-state index is -0.0928. The van der Waals surface area contributed by atoms with E-state index < -0.39 is 0 Å². The predicted molar refractivity (Wildman–Crippen MR) is 75.5 cm³/mol. The largest absolute Gasteiger partial charge is 0.506 e. The van der Waals surface area contributed by atoms with E-state index in [1.807, 2.05) is 19.2 Å². The predicted octanol–water partition coefficient (Wildman–Crippen LogP) is 2.10. The number of aromatic nitrogens is 2. The number of carbonyl (C=O) groups is 1. The zero-order valence-electron chi connectivity index (χ0n) is 11.3. The zero-order chi connectivity index (χ0) is 14.1. The Balaban J connectivity index is 1.73. The first-order valence-corrected chi connectivity index (χ1v) is 6.74. The Kier molecular flexibility index (Phi) is 3.18. The fourth-order valence-corrected chi connectivity index (χ4v) is 2.56. The number of hydrogen-bond donors (Lipinski definition) is 2. The maximum atomic E-state index is 12.3. The first-order valence-electron chi connectivity index (χ1n) is 6.74. The molecule has 1 aromatic heterocycles. The van der Waals surface area contributed by atoms with Gasteiger partial charge >= 0.3 is 0 Å². The van der Waals surface area contributed by atoms with E-state index in [0.29, 0.717) is 12.1 Å². The maximum Gasteiger partial charge on any atom is 0.228 e. The summed E-state index contributed by atoms with van der Waals surface area (Å²) in [6, 6.07) is 5.18. The van der Waals surface area contributed by atoms with Crippen molar-refractivity contribution >= 4 is 11.6 Å². The van der Waals surface area contributed by atoms with Gasteiger partial charge in [0, 0.05) is 31.3 Å². The Morgan fingerprint density at radius 3 is 3.20 bits per heavy atom. The SMILES string of the molecule is Cc1ccc(O)c(NC(=O)C2CCn3ccnc3C2)c1. The average molecular weight is 271 g/mol. The summed E-state index contributed by atoms with van der Waals surface area (Å²) >= 11 is 0. The van der Waals surface area contributed by atoms with Gasteiger partial charge in [-0.2, -0.15) is 0 Å². The van der Waals surface area contributed by atoms with Crippen molar-refractivity contribution in [2.75, 3.05) is 5.32 Å². The summed E-state index contributed by atoms with van der Waals surface area (Å²) in [7, 11) is 0. The van der Waals surface area contributed by atoms with Crippen LogP contribution in [0.25, 0.3) is 0 Å². The monoisotopic (exact) mass is 271 g/mol. The van der Waals surface area contributed by atoms with E-state index in [0.717, 1.165) is 24.4 Å². The first kappa shape index (κ1) is 12.7. The second-order valence-corrected chi connectivity index (χ2v) is 5.24. The molecule has 2 heterocycles. The van der Waals surface area contributed by atoms with Crippen LogP contribution < -0.4 is 5.32 Å². The Bertz CT molecular complexity index is 648. The van der Waals surface area contributed by atoms with Crippen LogP contribution >= 0.6 is 0 Å². The molecule has 20 heavy (non-hydrogen) atoms. The standard InChI is InChI=1S/C15H17N3O2/c1-10-2-3-13(19)12(8-10)17-15(20)11-4-6-18-7-5-16-14(18)9-11/h2-3,5,7-8,11,19H,4,6,9H2,1H3,(H,17,20). The van der Waals surface area contributed by atoms with Crippen LogP contribution in [0, 0.1) is 12.8 Å². The van der Waals surface area contributed by atoms with Gasteiger partial charge in [-0.3, -0.25) is 4.79 Å². The minimum absolute atomic E-state index is 0.0554. The van der Waals surface area contributed by atoms with Gasteiger partial charge in [-0.05, 0) is 31.0 Å². The van der Waals surface area contributed by atoms with Crippen LogP contribution in [0.5, 0.6) is 5.75 Å². The number of nitrogens with zero attached hydrogens (tertiary/aromatic N) is 2. The number of anilines is 1. The van der Waals surface area contributed by atoms with Crippen molar-refractivity contribution < 1.29 is 9.90 Å². The molecule has 0 saturated carbocycles. The van der Waals surface area contributed by atoms with E-state index in [1.165, 1.54) is 0 Å². The van der Waals surface area contributed by atoms with Crippen LogP contribution in [0.4, 0.5) is 5.69 Å². The number of phenolic OH excluding ortho intramolecular Hbond substituents is 1. The number of carbonyl (C=O) groups excluding carboxylic acids is 1. The molecule has 0 spiro atoms. The Morgan fingerprint density at radius 1 is 1.50 bits per heavy atom. The molecule has 1 atom stereocenters. The van der Waals surface area contributed by atoms with Crippen molar-refractivity contribution in [1.29, 1.82) is 0 Å². The topological polar surface area (TPSA) is 67.2 Å². The number of aryl methyl sites for hydroxylation is 2. The summed E-state index contributed by atoms with van der Waals surface area (Å²) in [5.74, 6) is 0.899. The number of amides is 1. The van der Waals surface area contributed by atoms with Gasteiger partial charge in [0.05, 0.1) is 5.69 Å². The second-order valence-electron chi connectivity index (χ2n) is 5.24. The number of fused-ring (bicyclic) bond motifs is 1. The van der Waals surface area contributed by atoms with Crippen molar-refractivity contribution in [1.82, 2.24) is 9.55 Å². The summed E-state index contributed by atoms with van der Waals surface area (Å²) in [5.41, 5.74) is 1.47. The maximum absolute atomic E-state index is 12.3. The van der Waals surface area contributed by atoms with Crippen LogP contribution in [0.1, 0.15) is 17.8 Å². The van der Waals surface area contributed by atoms with Gasteiger partial charge in [0.1, 0.15) is 11.6 Å². The van der Waals surface area contributed by atoms with Gasteiger partial charge in [0.2, 0.25) is 5.91 Å². The van der Waals surface area contributed by atoms with Crippen molar-refractivity contribution in [3.05, 3.63) is 42.0 Å². The number of rotatable bonds is 2. The molecule has 1 aliphatic heterocycles. The lowest BCUT2D eigenvalue weighted by molar-refractivity contribution is -0.120. The number of benzene rings is 1. The third-order valence-electron chi connectivity index (χ3n) is 3.73. The highest BCUT2D eigenvalue weighted by atomic mass is 16.3. The van der Waals surface area contributed by atoms with E-state index in [9.17, 15) is 9.90 Å². The van der Waals surface area contributed by atoms with Crippen LogP contribution in [0.15, 0.2) is 30.6 Å². The number of phenols is 1. The van der Waals surface area contributed by atoms with Crippen molar-refractivity contribution in [2.45, 2.75) is 26.3 Å². The third kappa shape index (κ3) is 2.39. The number of nitrogens with one attached hydrogen (secondary N) is 1. The highest BCUT2D eigenvalue weighted by molar-refractivity contribution is 5.94. The molecular weight excluding hydrogens is 254 g/mol. The van der Waals surface area contributed by atoms with Gasteiger partial charge in [0.15, 0.2) is 0 Å². The van der Waals surface area contributed by atoms with E-state index >= 15 is 0 Å². The van der Waals surface area contributed by atoms with Gasteiger partial charge < -0.3 is 15.0 Å². The Labute approximate surface area is 117 Å². The number of imidazole rings is 1. The number of hydrogen-bond acceptors (Lipinski definition) is 3. The first-order chi connectivity index (χ1) is 9.63. The van der Waals surface area contributed by atoms with Crippen LogP contribution in [-0.4, -0.2) is 20.6 Å². The summed E-state index contributed by atoms with van der Waals surface area (Å²) in [6.45, 7) is 2.74. The Hall–Kier alpha value is -2.30. The fraction of sp³-hybridized carbons (Fsp3) is 0.333. The lowest BCUT2D eigenvalue weighted by Crippen LogP contribution is -2.30. The van der Waals surface area contributed by atoms with Gasteiger partial charge in [0.25, 0.3) is 0 Å². The lowest BCUT2D eigenvalue weighted by Gasteiger charge is -2.22. The molecule has 0 saturated heterocycles. The normalized spacial score (nSPS) is 17.6. The van der Waals surface area contributed by atoms with E-state index in [-0.39, 0.29) is 17.6 Å². The molecule has 2 N–H and O–H groups in total. The summed E-state index contributed by atoms with van der Waals surface area (Å²) in [6.07, 6.45) is 5.14. The molecule has 1 amide bonds. The molecule has 0 fully saturated rings. The highest BCUT2D eigenvalue weighted by Gasteiger charge is 2.25. The summed E-state index contributed by atoms with van der Waals surface area (Å²) < 4.78 is 2.08. The molecule has 0 bridgehead atoms. The minimum Gasteiger partial charge on any atom is -0.506 e. The van der Waals surface area contributed by atoms with E-state index in [4.69, 9.17) is 0 Å². The quantitative estimate of drug-likeness (QED) is 0.822. The summed E-state index contributed by atoms with van der Waals surface area (Å²) in [4.78, 5) is 16.6. The smallest absolute Gasteiger partial charge is 0.228 e. The van der Waals surface area contributed by atoms with Crippen molar-refractivity contribution in [3.63, 3.8) is 0 Å². The fourth-order valence-electron chi connectivity index (χ4n) is 2.56. The molecule has 5 nitrogen and oxygen atoms in total. The second kappa shape index (κ2) is 5.00. The number of aromatic hydroxyl groups is 1. The molecule has 1 unspecified atom stereocenters. The van der Waals surface area contributed by atoms with E-state index in [1.54, 1.807) is 18.3 Å². The van der Waals surface area contributed by atoms with Crippen LogP contribution in [-0.2, 0) is 17.8 Å². The van der Waals surface area contributed by atoms with Crippen molar-refractivity contribution in [3.8, 4) is 5.75 Å². The van der Waals surface area contributed by atoms with Crippen molar-refractivity contribution in [2.24, 2.45) is 5.92 Å².